The summed E-state index contributed by atoms with van der Waals surface area (Å²) < 4.78 is 79.6. The minimum Gasteiger partial charge on any atom is -0.479 e. The number of hydrogen-bond donors (Lipinski definition) is 4. The van der Waals surface area contributed by atoms with Crippen LogP contribution in [-0.2, 0) is 25.6 Å². The number of aliphatic carboxylic acids is 1. The van der Waals surface area contributed by atoms with Crippen LogP contribution in [0.5, 0.6) is 0 Å². The lowest BCUT2D eigenvalue weighted by molar-refractivity contribution is -0.208. The van der Waals surface area contributed by atoms with E-state index in [4.69, 9.17) is 11.5 Å². The summed E-state index contributed by atoms with van der Waals surface area (Å²) in [5.74, 6) is -11.4. The van der Waals surface area contributed by atoms with Crippen LogP contribution in [-0.4, -0.2) is 74.0 Å². The van der Waals surface area contributed by atoms with Crippen LogP contribution >= 0.6 is 0 Å². The van der Waals surface area contributed by atoms with Crippen molar-refractivity contribution in [3.63, 3.8) is 0 Å². The topological polar surface area (TPSA) is 172 Å². The molecule has 180 valence electrons. The summed E-state index contributed by atoms with van der Waals surface area (Å²) >= 11 is 0. The molecule has 10 nitrogen and oxygen atoms in total. The third-order valence-corrected chi connectivity index (χ3v) is 4.34. The number of nitrogens with one attached hydrogen (secondary N) is 1. The van der Waals surface area contributed by atoms with Gasteiger partial charge in [0.1, 0.15) is 0 Å². The number of amides is 2. The second-order valence-electron chi connectivity index (χ2n) is 6.60. The Kier molecular flexibility index (Phi) is 8.51. The number of Topliss-reactive ketones (excluding diaryl/α,β-unsaturated/α-hetero) is 1. The number of nitrogens with zero attached hydrogens (tertiary/aromatic N) is 2. The molecular weight excluding hydrogens is 456 g/mol. The number of unbranched alkanes of at least 4 members (excludes halogenated alkanes) is 1. The molecule has 0 aliphatic heterocycles. The van der Waals surface area contributed by atoms with Gasteiger partial charge in [-0.3, -0.25) is 14.4 Å². The normalized spacial score (nSPS) is 15.0. The van der Waals surface area contributed by atoms with Gasteiger partial charge in [0.15, 0.2) is 0 Å². The number of hydrogen-bond acceptors (Lipinski definition) is 7. The van der Waals surface area contributed by atoms with Crippen LogP contribution in [0.4, 0.5) is 26.3 Å². The number of H-pyrrole nitrogens is 1. The highest BCUT2D eigenvalue weighted by molar-refractivity contribution is 6.17. The molecule has 2 amide bonds. The van der Waals surface area contributed by atoms with Gasteiger partial charge in [-0.1, -0.05) is 0 Å². The van der Waals surface area contributed by atoms with Crippen LogP contribution in [0.25, 0.3) is 0 Å². The van der Waals surface area contributed by atoms with E-state index in [0.29, 0.717) is 0 Å². The van der Waals surface area contributed by atoms with Gasteiger partial charge in [0.05, 0.1) is 12.4 Å². The molecule has 1 rings (SSSR count). The van der Waals surface area contributed by atoms with E-state index in [2.05, 4.69) is 9.97 Å². The highest BCUT2D eigenvalue weighted by Gasteiger charge is 2.66. The first-order valence-electron chi connectivity index (χ1n) is 8.83. The molecule has 0 bridgehead atoms. The zero-order chi connectivity index (χ0) is 24.9. The van der Waals surface area contributed by atoms with Crippen molar-refractivity contribution in [2.75, 3.05) is 6.54 Å². The maximum absolute atomic E-state index is 13.3. The number of aromatic nitrogens is 2. The summed E-state index contributed by atoms with van der Waals surface area (Å²) in [5, 5.41) is 9.51. The molecule has 0 saturated carbocycles. The highest BCUT2D eigenvalue weighted by Crippen LogP contribution is 2.36. The fourth-order valence-electron chi connectivity index (χ4n) is 2.86. The van der Waals surface area contributed by atoms with Crippen LogP contribution in [0.3, 0.4) is 0 Å². The Hall–Kier alpha value is -3.01. The van der Waals surface area contributed by atoms with Gasteiger partial charge in [-0.2, -0.15) is 26.3 Å². The molecule has 16 heteroatoms. The van der Waals surface area contributed by atoms with Crippen LogP contribution in [0.2, 0.25) is 0 Å². The zero-order valence-corrected chi connectivity index (χ0v) is 16.2. The number of carboxylic acids is 1. The van der Waals surface area contributed by atoms with Gasteiger partial charge < -0.3 is 21.6 Å². The van der Waals surface area contributed by atoms with E-state index >= 15 is 0 Å². The monoisotopic (exact) mass is 475 g/mol. The first-order valence-corrected chi connectivity index (χ1v) is 8.83. The number of halogens is 6. The summed E-state index contributed by atoms with van der Waals surface area (Å²) in [6.45, 7) is -0.226. The van der Waals surface area contributed by atoms with E-state index in [1.807, 2.05) is 0 Å². The summed E-state index contributed by atoms with van der Waals surface area (Å²) in [5.41, 5.74) is 6.45. The lowest BCUT2D eigenvalue weighted by Crippen LogP contribution is -2.70. The molecule has 0 fully saturated rings. The van der Waals surface area contributed by atoms with Crippen molar-refractivity contribution in [1.29, 1.82) is 0 Å². The van der Waals surface area contributed by atoms with Gasteiger partial charge in [-0.15, -0.1) is 0 Å². The zero-order valence-electron chi connectivity index (χ0n) is 16.2. The lowest BCUT2D eigenvalue weighted by Gasteiger charge is -2.39. The fourth-order valence-corrected chi connectivity index (χ4v) is 2.86. The average Bonchev–Trinajstić information content (AvgIpc) is 3.17. The van der Waals surface area contributed by atoms with Gasteiger partial charge in [0.25, 0.3) is 5.78 Å². The van der Waals surface area contributed by atoms with Crippen molar-refractivity contribution in [1.82, 2.24) is 14.9 Å². The average molecular weight is 475 g/mol. The Balaban J connectivity index is 3.71. The number of carbonyl (C=O) groups excluding carboxylic acids is 3. The Labute approximate surface area is 175 Å². The number of ketones is 1. The van der Waals surface area contributed by atoms with Gasteiger partial charge in [0, 0.05) is 18.3 Å². The molecular formula is C16H19F6N5O5. The van der Waals surface area contributed by atoms with Crippen molar-refractivity contribution < 1.29 is 50.6 Å². The predicted octanol–water partition coefficient (Wildman–Crippen LogP) is 0.281. The maximum atomic E-state index is 13.3. The molecule has 2 unspecified atom stereocenters. The number of rotatable bonds is 10. The Morgan fingerprint density at radius 3 is 2.09 bits per heavy atom. The van der Waals surface area contributed by atoms with E-state index in [1.54, 1.807) is 0 Å². The summed E-state index contributed by atoms with van der Waals surface area (Å²) in [4.78, 5) is 53.5. The molecule has 0 aromatic carbocycles. The number of alkyl halides is 6. The summed E-state index contributed by atoms with van der Waals surface area (Å²) in [7, 11) is 0. The molecule has 0 radical (unpaired) electrons. The molecule has 1 aromatic heterocycles. The lowest BCUT2D eigenvalue weighted by atomic mass is 9.84. The standard InChI is InChI=1S/C16H19F6N5O5/c17-15(18,19)11(29)14(13(31)32,3-1-2-4-23)27(12(30)16(20,21)22)10(28)9(24)5-8-6-25-7-26-8/h6-7,9H,1-5,23-24H2,(H,25,26)(H,31,32). The van der Waals surface area contributed by atoms with E-state index in [0.717, 1.165) is 12.5 Å². The molecule has 0 spiro atoms. The third kappa shape index (κ3) is 5.82. The second-order valence-corrected chi connectivity index (χ2v) is 6.60. The maximum Gasteiger partial charge on any atom is 0.471 e. The molecule has 32 heavy (non-hydrogen) atoms. The van der Waals surface area contributed by atoms with Crippen molar-refractivity contribution in [3.8, 4) is 0 Å². The van der Waals surface area contributed by atoms with E-state index in [9.17, 15) is 50.6 Å². The van der Waals surface area contributed by atoms with Crippen molar-refractivity contribution >= 4 is 23.6 Å². The molecule has 2 atom stereocenters. The predicted molar refractivity (Wildman–Crippen MR) is 92.5 cm³/mol. The molecule has 1 heterocycles. The van der Waals surface area contributed by atoms with E-state index in [1.165, 1.54) is 0 Å². The number of imidazole rings is 1. The van der Waals surface area contributed by atoms with Crippen LogP contribution in [0.15, 0.2) is 12.5 Å². The molecule has 6 N–H and O–H groups in total. The van der Waals surface area contributed by atoms with Crippen LogP contribution in [0, 0.1) is 0 Å². The van der Waals surface area contributed by atoms with Crippen molar-refractivity contribution in [3.05, 3.63) is 18.2 Å². The van der Waals surface area contributed by atoms with Gasteiger partial charge in [-0.25, -0.2) is 14.7 Å². The number of nitrogens with two attached hydrogens (primary N) is 2. The fraction of sp³-hybridized carbons (Fsp3) is 0.562. The Bertz CT molecular complexity index is 841. The van der Waals surface area contributed by atoms with E-state index in [-0.39, 0.29) is 18.7 Å². The smallest absolute Gasteiger partial charge is 0.471 e. The Morgan fingerprint density at radius 2 is 1.69 bits per heavy atom. The second kappa shape index (κ2) is 10.1. The number of carboxylic acid groups (broad SMARTS) is 1. The van der Waals surface area contributed by atoms with E-state index < -0.39 is 71.7 Å². The van der Waals surface area contributed by atoms with Gasteiger partial charge in [-0.05, 0) is 25.8 Å². The highest BCUT2D eigenvalue weighted by atomic mass is 19.4. The largest absolute Gasteiger partial charge is 0.479 e. The first kappa shape index (κ1) is 27.0. The van der Waals surface area contributed by atoms with Crippen LogP contribution in [0.1, 0.15) is 25.0 Å². The summed E-state index contributed by atoms with van der Waals surface area (Å²) in [6.07, 6.45) is -12.8. The van der Waals surface area contributed by atoms with Crippen molar-refractivity contribution in [2.45, 2.75) is 49.6 Å². The quantitative estimate of drug-likeness (QED) is 0.212. The number of imide groups is 1. The summed E-state index contributed by atoms with van der Waals surface area (Å²) in [6, 6.07) is -2.13. The SMILES string of the molecule is NCCCCC(C(=O)O)(C(=O)C(F)(F)F)N(C(=O)C(N)Cc1cnc[nH]1)C(=O)C(F)(F)F. The first-order chi connectivity index (χ1) is 14.6. The number of aromatic amines is 1. The molecule has 0 aliphatic carbocycles. The molecule has 1 aromatic rings. The van der Waals surface area contributed by atoms with Crippen molar-refractivity contribution in [2.24, 2.45) is 11.5 Å². The molecule has 0 aliphatic rings. The van der Waals surface area contributed by atoms with Gasteiger partial charge >= 0.3 is 24.2 Å². The number of carbonyl (C=O) groups is 4. The third-order valence-electron chi connectivity index (χ3n) is 4.34. The molecule has 0 saturated heterocycles. The minimum absolute atomic E-state index is 0.0384. The Morgan fingerprint density at radius 1 is 1.09 bits per heavy atom. The van der Waals surface area contributed by atoms with Gasteiger partial charge in [0.2, 0.25) is 11.4 Å². The minimum atomic E-state index is -6.01. The van der Waals surface area contributed by atoms with Crippen LogP contribution < -0.4 is 11.5 Å².